The maximum atomic E-state index is 5.50. The summed E-state index contributed by atoms with van der Waals surface area (Å²) in [6.45, 7) is 9.97. The van der Waals surface area contributed by atoms with Crippen molar-refractivity contribution >= 4 is 0 Å². The van der Waals surface area contributed by atoms with Gasteiger partial charge in [-0.15, -0.1) is 0 Å². The van der Waals surface area contributed by atoms with E-state index in [4.69, 9.17) is 4.74 Å². The van der Waals surface area contributed by atoms with Gasteiger partial charge in [0, 0.05) is 19.1 Å². The van der Waals surface area contributed by atoms with Gasteiger partial charge in [-0.1, -0.05) is 12.1 Å². The quantitative estimate of drug-likeness (QED) is 0.899. The second-order valence-electron chi connectivity index (χ2n) is 5.81. The number of fused-ring (bicyclic) bond motifs is 1. The molecule has 1 unspecified atom stereocenters. The van der Waals surface area contributed by atoms with Crippen molar-refractivity contribution in [1.29, 1.82) is 0 Å². The van der Waals surface area contributed by atoms with E-state index < -0.39 is 0 Å². The average Bonchev–Trinajstić information content (AvgIpc) is 3.00. The van der Waals surface area contributed by atoms with Gasteiger partial charge in [0.1, 0.15) is 5.75 Å². The third-order valence-electron chi connectivity index (χ3n) is 4.64. The fraction of sp³-hybridized carbons (Fsp3) is 0.625. The number of nitrogens with zero attached hydrogens (tertiary/aromatic N) is 1. The molecule has 1 N–H and O–H groups in total. The monoisotopic (exact) mass is 260 g/mol. The van der Waals surface area contributed by atoms with Crippen LogP contribution in [0.3, 0.4) is 0 Å². The smallest absolute Gasteiger partial charge is 0.119 e. The molecule has 2 aliphatic rings. The predicted molar refractivity (Wildman–Crippen MR) is 77.4 cm³/mol. The van der Waals surface area contributed by atoms with Crippen LogP contribution in [0.1, 0.15) is 25.5 Å². The third-order valence-corrected chi connectivity index (χ3v) is 4.64. The van der Waals surface area contributed by atoms with Gasteiger partial charge >= 0.3 is 0 Å². The highest BCUT2D eigenvalue weighted by Gasteiger charge is 2.37. The number of hydrogen-bond acceptors (Lipinski definition) is 3. The number of hydrogen-bond donors (Lipinski definition) is 1. The summed E-state index contributed by atoms with van der Waals surface area (Å²) in [5.41, 5.74) is 1.40. The first-order chi connectivity index (χ1) is 9.28. The molecule has 3 atom stereocenters. The fourth-order valence-electron chi connectivity index (χ4n) is 3.43. The van der Waals surface area contributed by atoms with E-state index in [-0.39, 0.29) is 0 Å². The van der Waals surface area contributed by atoms with E-state index in [2.05, 4.69) is 41.4 Å². The van der Waals surface area contributed by atoms with E-state index in [0.29, 0.717) is 6.04 Å². The van der Waals surface area contributed by atoms with Crippen LogP contribution >= 0.6 is 0 Å². The summed E-state index contributed by atoms with van der Waals surface area (Å²) in [4.78, 5) is 2.63. The first-order valence-corrected chi connectivity index (χ1v) is 7.45. The molecule has 19 heavy (non-hydrogen) atoms. The summed E-state index contributed by atoms with van der Waals surface area (Å²) < 4.78 is 5.50. The largest absolute Gasteiger partial charge is 0.494 e. The lowest BCUT2D eigenvalue weighted by atomic mass is 10.0. The Morgan fingerprint density at radius 3 is 2.42 bits per heavy atom. The van der Waals surface area contributed by atoms with Gasteiger partial charge in [-0.25, -0.2) is 0 Å². The van der Waals surface area contributed by atoms with E-state index in [9.17, 15) is 0 Å². The molecule has 0 aromatic heterocycles. The zero-order valence-electron chi connectivity index (χ0n) is 11.9. The summed E-state index contributed by atoms with van der Waals surface area (Å²) in [7, 11) is 0. The number of ether oxygens (including phenoxy) is 1. The number of nitrogens with one attached hydrogen (secondary N) is 1. The molecule has 2 heterocycles. The van der Waals surface area contributed by atoms with Crippen LogP contribution in [0.25, 0.3) is 0 Å². The minimum atomic E-state index is 0.515. The molecule has 0 radical (unpaired) electrons. The van der Waals surface area contributed by atoms with Crippen LogP contribution in [0.2, 0.25) is 0 Å². The Kier molecular flexibility index (Phi) is 3.76. The van der Waals surface area contributed by atoms with Crippen molar-refractivity contribution in [3.05, 3.63) is 29.8 Å². The van der Waals surface area contributed by atoms with Crippen LogP contribution in [0.5, 0.6) is 5.75 Å². The van der Waals surface area contributed by atoms with Gasteiger partial charge in [-0.05, 0) is 56.5 Å². The van der Waals surface area contributed by atoms with Crippen molar-refractivity contribution in [2.45, 2.75) is 19.9 Å². The number of benzene rings is 1. The SMILES string of the molecule is CCOc1ccc(C(C)N2C[C@H]3CNC[C@H]3C2)cc1. The average molecular weight is 260 g/mol. The van der Waals surface area contributed by atoms with Crippen molar-refractivity contribution in [2.75, 3.05) is 32.8 Å². The van der Waals surface area contributed by atoms with Crippen molar-refractivity contribution in [1.82, 2.24) is 10.2 Å². The maximum Gasteiger partial charge on any atom is 0.119 e. The maximum absolute atomic E-state index is 5.50. The third kappa shape index (κ3) is 2.63. The van der Waals surface area contributed by atoms with Gasteiger partial charge in [0.25, 0.3) is 0 Å². The molecule has 2 saturated heterocycles. The van der Waals surface area contributed by atoms with Crippen molar-refractivity contribution in [3.63, 3.8) is 0 Å². The Morgan fingerprint density at radius 2 is 1.84 bits per heavy atom. The van der Waals surface area contributed by atoms with Crippen LogP contribution in [0, 0.1) is 11.8 Å². The van der Waals surface area contributed by atoms with E-state index in [0.717, 1.165) is 24.2 Å². The van der Waals surface area contributed by atoms with Crippen LogP contribution in [0.4, 0.5) is 0 Å². The van der Waals surface area contributed by atoms with Crippen molar-refractivity contribution < 1.29 is 4.74 Å². The summed E-state index contributed by atoms with van der Waals surface area (Å²) >= 11 is 0. The zero-order chi connectivity index (χ0) is 13.2. The van der Waals surface area contributed by atoms with Gasteiger partial charge < -0.3 is 10.1 Å². The van der Waals surface area contributed by atoms with Gasteiger partial charge in [0.05, 0.1) is 6.61 Å². The molecule has 0 aliphatic carbocycles. The molecule has 1 aromatic rings. The second-order valence-corrected chi connectivity index (χ2v) is 5.81. The number of rotatable bonds is 4. The lowest BCUT2D eigenvalue weighted by Gasteiger charge is -2.25. The molecule has 0 spiro atoms. The Hall–Kier alpha value is -1.06. The first kappa shape index (κ1) is 12.9. The summed E-state index contributed by atoms with van der Waals surface area (Å²) in [6, 6.07) is 9.12. The molecule has 3 nitrogen and oxygen atoms in total. The Labute approximate surface area is 115 Å². The van der Waals surface area contributed by atoms with Crippen LogP contribution < -0.4 is 10.1 Å². The van der Waals surface area contributed by atoms with Crippen LogP contribution in [-0.4, -0.2) is 37.7 Å². The topological polar surface area (TPSA) is 24.5 Å². The molecule has 3 heteroatoms. The molecule has 2 fully saturated rings. The minimum Gasteiger partial charge on any atom is -0.494 e. The molecule has 2 aliphatic heterocycles. The Bertz CT molecular complexity index is 405. The second kappa shape index (κ2) is 5.51. The molecular weight excluding hydrogens is 236 g/mol. The predicted octanol–water partition coefficient (Wildman–Crippen LogP) is 2.30. The molecule has 0 amide bonds. The molecule has 1 aromatic carbocycles. The van der Waals surface area contributed by atoms with E-state index in [1.165, 1.54) is 31.7 Å². The van der Waals surface area contributed by atoms with E-state index >= 15 is 0 Å². The van der Waals surface area contributed by atoms with E-state index in [1.807, 2.05) is 6.92 Å². The molecule has 104 valence electrons. The minimum absolute atomic E-state index is 0.515. The molecular formula is C16H24N2O. The lowest BCUT2D eigenvalue weighted by Crippen LogP contribution is -2.28. The normalized spacial score (nSPS) is 28.3. The zero-order valence-corrected chi connectivity index (χ0v) is 11.9. The standard InChI is InChI=1S/C16H24N2O/c1-3-19-16-6-4-13(5-7-16)12(2)18-10-14-8-17-9-15(14)11-18/h4-7,12,14-15,17H,3,8-11H2,1-2H3/t12?,14-,15+. The highest BCUT2D eigenvalue weighted by atomic mass is 16.5. The molecule has 0 bridgehead atoms. The lowest BCUT2D eigenvalue weighted by molar-refractivity contribution is 0.243. The van der Waals surface area contributed by atoms with E-state index in [1.54, 1.807) is 0 Å². The Balaban J connectivity index is 1.65. The van der Waals surface area contributed by atoms with Crippen LogP contribution in [0.15, 0.2) is 24.3 Å². The Morgan fingerprint density at radius 1 is 1.21 bits per heavy atom. The molecule has 3 rings (SSSR count). The summed E-state index contributed by atoms with van der Waals surface area (Å²) in [5.74, 6) is 2.70. The molecule has 0 saturated carbocycles. The van der Waals surface area contributed by atoms with Gasteiger partial charge in [-0.2, -0.15) is 0 Å². The highest BCUT2D eigenvalue weighted by molar-refractivity contribution is 5.29. The van der Waals surface area contributed by atoms with Gasteiger partial charge in [0.15, 0.2) is 0 Å². The summed E-state index contributed by atoms with van der Waals surface area (Å²) in [6.07, 6.45) is 0. The summed E-state index contributed by atoms with van der Waals surface area (Å²) in [5, 5.41) is 3.50. The highest BCUT2D eigenvalue weighted by Crippen LogP contribution is 2.33. The first-order valence-electron chi connectivity index (χ1n) is 7.45. The fourth-order valence-corrected chi connectivity index (χ4v) is 3.43. The van der Waals surface area contributed by atoms with Crippen molar-refractivity contribution in [3.8, 4) is 5.75 Å². The van der Waals surface area contributed by atoms with Gasteiger partial charge in [0.2, 0.25) is 0 Å². The number of likely N-dealkylation sites (tertiary alicyclic amines) is 1. The van der Waals surface area contributed by atoms with Crippen LogP contribution in [-0.2, 0) is 0 Å². The van der Waals surface area contributed by atoms with Crippen molar-refractivity contribution in [2.24, 2.45) is 11.8 Å². The van der Waals surface area contributed by atoms with Gasteiger partial charge in [-0.3, -0.25) is 4.90 Å².